The number of aryl methyl sites for hydroxylation is 1. The maximum atomic E-state index is 5.68. The highest BCUT2D eigenvalue weighted by Gasteiger charge is 2.01. The van der Waals surface area contributed by atoms with Crippen LogP contribution in [-0.2, 0) is 24.3 Å². The van der Waals surface area contributed by atoms with E-state index in [2.05, 4.69) is 84.1 Å². The SMILES string of the molecule is CN=C(NCCCc1ccccc1)NCc1cccc(COC(C)C)c1.I. The molecule has 0 saturated heterocycles. The first-order valence-corrected chi connectivity index (χ1v) is 9.35. The summed E-state index contributed by atoms with van der Waals surface area (Å²) in [5, 5.41) is 6.75. The Morgan fingerprint density at radius 3 is 2.37 bits per heavy atom. The molecule has 4 nitrogen and oxygen atoms in total. The van der Waals surface area contributed by atoms with Gasteiger partial charge < -0.3 is 15.4 Å². The van der Waals surface area contributed by atoms with Gasteiger partial charge >= 0.3 is 0 Å². The Kier molecular flexibility index (Phi) is 11.8. The second kappa shape index (κ2) is 13.6. The zero-order chi connectivity index (χ0) is 18.6. The Morgan fingerprint density at radius 2 is 1.67 bits per heavy atom. The predicted octanol–water partition coefficient (Wildman–Crippen LogP) is 4.53. The van der Waals surface area contributed by atoms with Crippen molar-refractivity contribution < 1.29 is 4.74 Å². The molecule has 0 fully saturated rings. The molecule has 0 radical (unpaired) electrons. The van der Waals surface area contributed by atoms with Gasteiger partial charge in [0.2, 0.25) is 0 Å². The summed E-state index contributed by atoms with van der Waals surface area (Å²) in [5.74, 6) is 0.835. The van der Waals surface area contributed by atoms with Gasteiger partial charge in [-0.1, -0.05) is 54.6 Å². The molecule has 0 aliphatic heterocycles. The first-order chi connectivity index (χ1) is 12.7. The fourth-order valence-electron chi connectivity index (χ4n) is 2.64. The van der Waals surface area contributed by atoms with Crippen LogP contribution >= 0.6 is 24.0 Å². The van der Waals surface area contributed by atoms with Gasteiger partial charge in [-0.15, -0.1) is 24.0 Å². The molecule has 0 aliphatic rings. The molecular formula is C22H32IN3O. The molecule has 0 heterocycles. The summed E-state index contributed by atoms with van der Waals surface area (Å²) in [4.78, 5) is 4.30. The number of benzene rings is 2. The Bertz CT molecular complexity index is 674. The number of aliphatic imine (C=N–C) groups is 1. The van der Waals surface area contributed by atoms with Crippen molar-refractivity contribution in [1.82, 2.24) is 10.6 Å². The average molecular weight is 481 g/mol. The van der Waals surface area contributed by atoms with Crippen LogP contribution in [0.3, 0.4) is 0 Å². The van der Waals surface area contributed by atoms with Crippen molar-refractivity contribution >= 4 is 29.9 Å². The smallest absolute Gasteiger partial charge is 0.191 e. The average Bonchev–Trinajstić information content (AvgIpc) is 2.67. The molecule has 0 aliphatic carbocycles. The standard InChI is InChI=1S/C22H31N3O.HI/c1-18(2)26-17-21-12-7-11-20(15-21)16-25-22(23-3)24-14-8-13-19-9-5-4-6-10-19;/h4-7,9-12,15,18H,8,13-14,16-17H2,1-3H3,(H2,23,24,25);1H. The van der Waals surface area contributed by atoms with Crippen LogP contribution in [0.5, 0.6) is 0 Å². The van der Waals surface area contributed by atoms with Gasteiger partial charge in [-0.25, -0.2) is 0 Å². The van der Waals surface area contributed by atoms with Crippen LogP contribution in [0.4, 0.5) is 0 Å². The van der Waals surface area contributed by atoms with Crippen molar-refractivity contribution in [3.8, 4) is 0 Å². The van der Waals surface area contributed by atoms with Crippen LogP contribution in [0.1, 0.15) is 37.0 Å². The van der Waals surface area contributed by atoms with Crippen molar-refractivity contribution in [3.63, 3.8) is 0 Å². The highest BCUT2D eigenvalue weighted by Crippen LogP contribution is 2.08. The van der Waals surface area contributed by atoms with Crippen molar-refractivity contribution in [2.45, 2.75) is 45.9 Å². The van der Waals surface area contributed by atoms with Gasteiger partial charge in [-0.3, -0.25) is 4.99 Å². The third kappa shape index (κ3) is 9.77. The number of hydrogen-bond acceptors (Lipinski definition) is 2. The lowest BCUT2D eigenvalue weighted by atomic mass is 10.1. The summed E-state index contributed by atoms with van der Waals surface area (Å²) in [7, 11) is 1.80. The van der Waals surface area contributed by atoms with E-state index in [0.717, 1.165) is 31.9 Å². The lowest BCUT2D eigenvalue weighted by molar-refractivity contribution is 0.0657. The lowest BCUT2D eigenvalue weighted by Gasteiger charge is -2.13. The minimum atomic E-state index is 0. The van der Waals surface area contributed by atoms with E-state index in [0.29, 0.717) is 6.61 Å². The van der Waals surface area contributed by atoms with Gasteiger partial charge in [0.1, 0.15) is 0 Å². The molecular weight excluding hydrogens is 449 g/mol. The molecule has 0 saturated carbocycles. The Labute approximate surface area is 180 Å². The van der Waals surface area contributed by atoms with Crippen molar-refractivity contribution in [1.29, 1.82) is 0 Å². The molecule has 0 spiro atoms. The third-order valence-electron chi connectivity index (χ3n) is 4.04. The highest BCUT2D eigenvalue weighted by atomic mass is 127. The maximum absolute atomic E-state index is 5.68. The quantitative estimate of drug-likeness (QED) is 0.240. The minimum Gasteiger partial charge on any atom is -0.374 e. The second-order valence-corrected chi connectivity index (χ2v) is 6.62. The van der Waals surface area contributed by atoms with Crippen LogP contribution in [0.25, 0.3) is 0 Å². The summed E-state index contributed by atoms with van der Waals surface area (Å²) in [6, 6.07) is 19.0. The Hall–Kier alpha value is -1.60. The van der Waals surface area contributed by atoms with E-state index in [1.54, 1.807) is 7.05 Å². The van der Waals surface area contributed by atoms with Crippen molar-refractivity contribution in [2.24, 2.45) is 4.99 Å². The number of rotatable bonds is 9. The molecule has 5 heteroatoms. The summed E-state index contributed by atoms with van der Waals surface area (Å²) in [6.07, 6.45) is 2.39. The molecule has 0 amide bonds. The zero-order valence-corrected chi connectivity index (χ0v) is 18.9. The Balaban J connectivity index is 0.00000364. The largest absolute Gasteiger partial charge is 0.374 e. The molecule has 0 atom stereocenters. The molecule has 27 heavy (non-hydrogen) atoms. The van der Waals surface area contributed by atoms with Crippen LogP contribution in [0, 0.1) is 0 Å². The molecule has 2 N–H and O–H groups in total. The van der Waals surface area contributed by atoms with Gasteiger partial charge in [0.25, 0.3) is 0 Å². The molecule has 2 aromatic carbocycles. The van der Waals surface area contributed by atoms with Gasteiger partial charge in [-0.05, 0) is 43.4 Å². The zero-order valence-electron chi connectivity index (χ0n) is 16.6. The third-order valence-corrected chi connectivity index (χ3v) is 4.04. The first-order valence-electron chi connectivity index (χ1n) is 9.35. The van der Waals surface area contributed by atoms with Crippen LogP contribution < -0.4 is 10.6 Å². The predicted molar refractivity (Wildman–Crippen MR) is 125 cm³/mol. The molecule has 0 aromatic heterocycles. The fourth-order valence-corrected chi connectivity index (χ4v) is 2.64. The summed E-state index contributed by atoms with van der Waals surface area (Å²) in [5.41, 5.74) is 3.79. The Morgan fingerprint density at radius 1 is 0.963 bits per heavy atom. The van der Waals surface area contributed by atoms with E-state index in [1.807, 2.05) is 0 Å². The van der Waals surface area contributed by atoms with E-state index >= 15 is 0 Å². The molecule has 0 unspecified atom stereocenters. The molecule has 0 bridgehead atoms. The van der Waals surface area contributed by atoms with E-state index in [4.69, 9.17) is 4.74 Å². The minimum absolute atomic E-state index is 0. The number of halogens is 1. The van der Waals surface area contributed by atoms with Crippen LogP contribution in [0.15, 0.2) is 59.6 Å². The monoisotopic (exact) mass is 481 g/mol. The van der Waals surface area contributed by atoms with E-state index < -0.39 is 0 Å². The number of nitrogens with zero attached hydrogens (tertiary/aromatic N) is 1. The van der Waals surface area contributed by atoms with Gasteiger partial charge in [0.15, 0.2) is 5.96 Å². The maximum Gasteiger partial charge on any atom is 0.191 e. The van der Waals surface area contributed by atoms with E-state index in [9.17, 15) is 0 Å². The summed E-state index contributed by atoms with van der Waals surface area (Å²) < 4.78 is 5.68. The van der Waals surface area contributed by atoms with Crippen LogP contribution in [0.2, 0.25) is 0 Å². The molecule has 2 aromatic rings. The summed E-state index contributed by atoms with van der Waals surface area (Å²) >= 11 is 0. The van der Waals surface area contributed by atoms with Crippen LogP contribution in [-0.4, -0.2) is 25.7 Å². The van der Waals surface area contributed by atoms with E-state index in [1.165, 1.54) is 16.7 Å². The summed E-state index contributed by atoms with van der Waals surface area (Å²) in [6.45, 7) is 6.40. The number of hydrogen-bond donors (Lipinski definition) is 2. The normalized spacial score (nSPS) is 11.2. The molecule has 148 valence electrons. The molecule has 2 rings (SSSR count). The van der Waals surface area contributed by atoms with E-state index in [-0.39, 0.29) is 30.1 Å². The van der Waals surface area contributed by atoms with Crippen molar-refractivity contribution in [3.05, 3.63) is 71.3 Å². The van der Waals surface area contributed by atoms with Gasteiger partial charge in [-0.2, -0.15) is 0 Å². The number of ether oxygens (including phenoxy) is 1. The number of nitrogens with one attached hydrogen (secondary N) is 2. The topological polar surface area (TPSA) is 45.7 Å². The van der Waals surface area contributed by atoms with Gasteiger partial charge in [0, 0.05) is 20.1 Å². The van der Waals surface area contributed by atoms with Crippen molar-refractivity contribution in [2.75, 3.05) is 13.6 Å². The first kappa shape index (κ1) is 23.4. The van der Waals surface area contributed by atoms with Gasteiger partial charge in [0.05, 0.1) is 12.7 Å². The highest BCUT2D eigenvalue weighted by molar-refractivity contribution is 14.0. The number of guanidine groups is 1. The lowest BCUT2D eigenvalue weighted by Crippen LogP contribution is -2.37. The fraction of sp³-hybridized carbons (Fsp3) is 0.409. The second-order valence-electron chi connectivity index (χ2n) is 6.62.